The molecule has 1 rings (SSSR count). The van der Waals surface area contributed by atoms with Crippen molar-refractivity contribution in [2.45, 2.75) is 38.8 Å². The van der Waals surface area contributed by atoms with E-state index in [1.165, 1.54) is 5.56 Å². The molecule has 0 bridgehead atoms. The summed E-state index contributed by atoms with van der Waals surface area (Å²) in [5, 5.41) is 0.735. The second kappa shape index (κ2) is 6.38. The van der Waals surface area contributed by atoms with Gasteiger partial charge in [0.1, 0.15) is 0 Å². The molecular formula is C14H22BrClN2. The van der Waals surface area contributed by atoms with Crippen LogP contribution in [0.15, 0.2) is 22.7 Å². The summed E-state index contributed by atoms with van der Waals surface area (Å²) in [5.41, 5.74) is 7.27. The molecule has 0 aliphatic carbocycles. The lowest BCUT2D eigenvalue weighted by atomic mass is 9.95. The lowest BCUT2D eigenvalue weighted by Crippen LogP contribution is -2.45. The number of likely N-dealkylation sites (N-methyl/N-ethyl adjacent to an activating group) is 1. The monoisotopic (exact) mass is 332 g/mol. The summed E-state index contributed by atoms with van der Waals surface area (Å²) in [6.07, 6.45) is 1.07. The van der Waals surface area contributed by atoms with Crippen LogP contribution in [0.3, 0.4) is 0 Å². The lowest BCUT2D eigenvalue weighted by Gasteiger charge is -2.41. The summed E-state index contributed by atoms with van der Waals surface area (Å²) < 4.78 is 1.02. The summed E-state index contributed by atoms with van der Waals surface area (Å²) in [7, 11) is 2.13. The van der Waals surface area contributed by atoms with Gasteiger partial charge in [-0.25, -0.2) is 0 Å². The molecule has 1 unspecified atom stereocenters. The molecular weight excluding hydrogens is 312 g/mol. The van der Waals surface area contributed by atoms with Gasteiger partial charge in [0.15, 0.2) is 0 Å². The van der Waals surface area contributed by atoms with Gasteiger partial charge in [-0.15, -0.1) is 0 Å². The molecule has 1 atom stereocenters. The van der Waals surface area contributed by atoms with Crippen molar-refractivity contribution in [3.63, 3.8) is 0 Å². The minimum Gasteiger partial charge on any atom is -0.329 e. The van der Waals surface area contributed by atoms with E-state index in [1.807, 2.05) is 18.2 Å². The average Bonchev–Trinajstić information content (AvgIpc) is 2.32. The van der Waals surface area contributed by atoms with E-state index in [0.29, 0.717) is 6.54 Å². The molecule has 102 valence electrons. The second-order valence-corrected chi connectivity index (χ2v) is 6.49. The number of nitrogens with zero attached hydrogens (tertiary/aromatic N) is 1. The standard InChI is InChI=1S/C14H22BrClN2/c1-5-14(2,3)18(4)13(9-17)11-7-6-10(16)8-12(11)15/h6-8,13H,5,9,17H2,1-4H3. The van der Waals surface area contributed by atoms with Crippen molar-refractivity contribution in [3.05, 3.63) is 33.3 Å². The van der Waals surface area contributed by atoms with Crippen molar-refractivity contribution in [1.82, 2.24) is 4.90 Å². The molecule has 0 saturated carbocycles. The molecule has 4 heteroatoms. The highest BCUT2D eigenvalue weighted by Crippen LogP contribution is 2.33. The predicted molar refractivity (Wildman–Crippen MR) is 83.1 cm³/mol. The molecule has 0 spiro atoms. The fourth-order valence-corrected chi connectivity index (χ4v) is 2.88. The Hall–Kier alpha value is -0.0900. The smallest absolute Gasteiger partial charge is 0.0483 e. The highest BCUT2D eigenvalue weighted by atomic mass is 79.9. The van der Waals surface area contributed by atoms with E-state index >= 15 is 0 Å². The Labute approximate surface area is 124 Å². The Balaban J connectivity index is 3.10. The molecule has 1 aromatic carbocycles. The Morgan fingerprint density at radius 3 is 2.50 bits per heavy atom. The highest BCUT2D eigenvalue weighted by Gasteiger charge is 2.29. The van der Waals surface area contributed by atoms with Crippen molar-refractivity contribution < 1.29 is 0 Å². The summed E-state index contributed by atoms with van der Waals surface area (Å²) in [6.45, 7) is 7.25. The molecule has 0 fully saturated rings. The van der Waals surface area contributed by atoms with Crippen LogP contribution in [-0.2, 0) is 0 Å². The number of benzene rings is 1. The van der Waals surface area contributed by atoms with Gasteiger partial charge in [-0.2, -0.15) is 0 Å². The lowest BCUT2D eigenvalue weighted by molar-refractivity contribution is 0.100. The quantitative estimate of drug-likeness (QED) is 0.874. The first-order valence-corrected chi connectivity index (χ1v) is 7.38. The molecule has 0 aliphatic heterocycles. The molecule has 2 N–H and O–H groups in total. The zero-order valence-corrected chi connectivity index (χ0v) is 13.8. The normalized spacial score (nSPS) is 14.0. The third-order valence-corrected chi connectivity index (χ3v) is 4.75. The van der Waals surface area contributed by atoms with Gasteiger partial charge in [0.25, 0.3) is 0 Å². The Kier molecular flexibility index (Phi) is 5.66. The SMILES string of the molecule is CCC(C)(C)N(C)C(CN)c1ccc(Cl)cc1Br. The average molecular weight is 334 g/mol. The summed E-state index contributed by atoms with van der Waals surface area (Å²) in [6, 6.07) is 6.07. The van der Waals surface area contributed by atoms with Crippen molar-refractivity contribution >= 4 is 27.5 Å². The molecule has 0 aromatic heterocycles. The van der Waals surface area contributed by atoms with Crippen LogP contribution >= 0.6 is 27.5 Å². The maximum absolute atomic E-state index is 5.99. The van der Waals surface area contributed by atoms with Gasteiger partial charge in [0, 0.05) is 27.6 Å². The van der Waals surface area contributed by atoms with E-state index in [1.54, 1.807) is 0 Å². The van der Waals surface area contributed by atoms with Crippen molar-refractivity contribution in [2.75, 3.05) is 13.6 Å². The maximum Gasteiger partial charge on any atom is 0.0483 e. The van der Waals surface area contributed by atoms with E-state index in [-0.39, 0.29) is 11.6 Å². The first-order chi connectivity index (χ1) is 8.33. The molecule has 0 heterocycles. The van der Waals surface area contributed by atoms with Crippen LogP contribution in [0.1, 0.15) is 38.8 Å². The molecule has 0 saturated heterocycles. The van der Waals surface area contributed by atoms with Crippen LogP contribution in [0.5, 0.6) is 0 Å². The zero-order chi connectivity index (χ0) is 13.9. The van der Waals surface area contributed by atoms with Crippen LogP contribution in [0.2, 0.25) is 5.02 Å². The molecule has 18 heavy (non-hydrogen) atoms. The molecule has 0 radical (unpaired) electrons. The van der Waals surface area contributed by atoms with Crippen LogP contribution in [0, 0.1) is 0 Å². The summed E-state index contributed by atoms with van der Waals surface area (Å²) in [4.78, 5) is 2.33. The number of rotatable bonds is 5. The second-order valence-electron chi connectivity index (χ2n) is 5.19. The first kappa shape index (κ1) is 16.0. The maximum atomic E-state index is 5.99. The van der Waals surface area contributed by atoms with Crippen LogP contribution in [-0.4, -0.2) is 24.0 Å². The van der Waals surface area contributed by atoms with Gasteiger partial charge in [-0.3, -0.25) is 4.90 Å². The van der Waals surface area contributed by atoms with Gasteiger partial charge in [-0.05, 0) is 45.0 Å². The van der Waals surface area contributed by atoms with Crippen LogP contribution < -0.4 is 5.73 Å². The minimum absolute atomic E-state index is 0.114. The fraction of sp³-hybridized carbons (Fsp3) is 0.571. The number of hydrogen-bond acceptors (Lipinski definition) is 2. The molecule has 2 nitrogen and oxygen atoms in total. The van der Waals surface area contributed by atoms with E-state index in [2.05, 4.69) is 48.6 Å². The van der Waals surface area contributed by atoms with E-state index in [0.717, 1.165) is 15.9 Å². The summed E-state index contributed by atoms with van der Waals surface area (Å²) >= 11 is 9.57. The minimum atomic E-state index is 0.114. The van der Waals surface area contributed by atoms with E-state index in [9.17, 15) is 0 Å². The van der Waals surface area contributed by atoms with Gasteiger partial charge in [0.2, 0.25) is 0 Å². The zero-order valence-electron chi connectivity index (χ0n) is 11.5. The fourth-order valence-electron chi connectivity index (χ4n) is 1.94. The number of halogens is 2. The van der Waals surface area contributed by atoms with Gasteiger partial charge >= 0.3 is 0 Å². The van der Waals surface area contributed by atoms with Crippen LogP contribution in [0.25, 0.3) is 0 Å². The van der Waals surface area contributed by atoms with Crippen LogP contribution in [0.4, 0.5) is 0 Å². The Morgan fingerprint density at radius 2 is 2.06 bits per heavy atom. The van der Waals surface area contributed by atoms with Crippen molar-refractivity contribution in [2.24, 2.45) is 5.73 Å². The van der Waals surface area contributed by atoms with Gasteiger partial charge in [-0.1, -0.05) is 40.5 Å². The van der Waals surface area contributed by atoms with Crippen molar-refractivity contribution in [3.8, 4) is 0 Å². The third kappa shape index (κ3) is 3.47. The molecule has 0 aliphatic rings. The molecule has 1 aromatic rings. The molecule has 0 amide bonds. The largest absolute Gasteiger partial charge is 0.329 e. The Morgan fingerprint density at radius 1 is 1.44 bits per heavy atom. The highest BCUT2D eigenvalue weighted by molar-refractivity contribution is 9.10. The van der Waals surface area contributed by atoms with Gasteiger partial charge in [0.05, 0.1) is 0 Å². The Bertz CT molecular complexity index is 407. The van der Waals surface area contributed by atoms with E-state index < -0.39 is 0 Å². The summed E-state index contributed by atoms with van der Waals surface area (Å²) in [5.74, 6) is 0. The number of nitrogens with two attached hydrogens (primary N) is 1. The van der Waals surface area contributed by atoms with Gasteiger partial charge < -0.3 is 5.73 Å². The predicted octanol–water partition coefficient (Wildman–Crippen LogP) is 4.22. The van der Waals surface area contributed by atoms with Crippen molar-refractivity contribution in [1.29, 1.82) is 0 Å². The topological polar surface area (TPSA) is 29.3 Å². The van der Waals surface area contributed by atoms with E-state index in [4.69, 9.17) is 17.3 Å². The number of hydrogen-bond donors (Lipinski definition) is 1. The first-order valence-electron chi connectivity index (χ1n) is 6.21. The third-order valence-electron chi connectivity index (χ3n) is 3.83.